The smallest absolute Gasteiger partial charge is 0.206 e. The summed E-state index contributed by atoms with van der Waals surface area (Å²) in [6.45, 7) is 5.57. The van der Waals surface area contributed by atoms with Crippen LogP contribution in [0.4, 0.5) is 10.1 Å². The van der Waals surface area contributed by atoms with Crippen molar-refractivity contribution in [1.82, 2.24) is 4.90 Å². The molecular formula is C29H29FN2O3S. The normalized spacial score (nSPS) is 15.9. The number of ether oxygens (including phenoxy) is 1. The van der Waals surface area contributed by atoms with Crippen molar-refractivity contribution >= 4 is 32.9 Å². The van der Waals surface area contributed by atoms with Gasteiger partial charge in [0.15, 0.2) is 5.75 Å². The molecule has 1 aromatic heterocycles. The summed E-state index contributed by atoms with van der Waals surface area (Å²) in [4.78, 5) is 16.2. The van der Waals surface area contributed by atoms with Gasteiger partial charge in [0.1, 0.15) is 22.2 Å². The maximum Gasteiger partial charge on any atom is 0.206 e. The van der Waals surface area contributed by atoms with E-state index < -0.39 is 5.82 Å². The molecule has 0 radical (unpaired) electrons. The van der Waals surface area contributed by atoms with E-state index in [1.54, 1.807) is 18.2 Å². The maximum absolute atomic E-state index is 13.4. The molecule has 1 atom stereocenters. The Morgan fingerprint density at radius 2 is 1.92 bits per heavy atom. The molecule has 7 heteroatoms. The Balaban J connectivity index is 1.35. The number of halogens is 1. The molecule has 0 saturated carbocycles. The van der Waals surface area contributed by atoms with Crippen LogP contribution in [0, 0.1) is 5.82 Å². The molecule has 1 aliphatic rings. The highest BCUT2D eigenvalue weighted by Gasteiger charge is 2.23. The summed E-state index contributed by atoms with van der Waals surface area (Å²) in [6, 6.07) is 18.6. The van der Waals surface area contributed by atoms with Crippen LogP contribution < -0.4 is 10.1 Å². The van der Waals surface area contributed by atoms with Crippen LogP contribution in [0.1, 0.15) is 41.4 Å². The van der Waals surface area contributed by atoms with Gasteiger partial charge in [-0.25, -0.2) is 4.39 Å². The summed E-state index contributed by atoms with van der Waals surface area (Å²) in [6.07, 6.45) is 3.58. The van der Waals surface area contributed by atoms with Gasteiger partial charge >= 0.3 is 0 Å². The highest BCUT2D eigenvalue weighted by molar-refractivity contribution is 7.21. The SMILES string of the molecule is CCCCN1CC[C@@H](Nc2ccc(Oc3c(C(=O)c4ccc(F)cc4)sc4cc(O)ccc34)cc2)C1. The third kappa shape index (κ3) is 5.37. The number of ketones is 1. The second-order valence-corrected chi connectivity index (χ2v) is 10.2. The predicted molar refractivity (Wildman–Crippen MR) is 143 cm³/mol. The van der Waals surface area contributed by atoms with Crippen molar-refractivity contribution in [2.75, 3.05) is 25.0 Å². The number of nitrogens with one attached hydrogen (secondary N) is 1. The van der Waals surface area contributed by atoms with Crippen molar-refractivity contribution in [2.45, 2.75) is 32.2 Å². The molecule has 36 heavy (non-hydrogen) atoms. The van der Waals surface area contributed by atoms with E-state index in [1.165, 1.54) is 48.4 Å². The van der Waals surface area contributed by atoms with Crippen LogP contribution in [0.2, 0.25) is 0 Å². The Hall–Kier alpha value is -3.42. The first-order valence-corrected chi connectivity index (χ1v) is 13.1. The first-order valence-electron chi connectivity index (χ1n) is 12.3. The average Bonchev–Trinajstić information content (AvgIpc) is 3.48. The molecule has 186 valence electrons. The number of phenolic OH excluding ortho intramolecular Hbond substituents is 1. The Bertz CT molecular complexity index is 1350. The number of anilines is 1. The average molecular weight is 505 g/mol. The molecule has 4 aromatic rings. The molecule has 0 unspecified atom stereocenters. The quantitative estimate of drug-likeness (QED) is 0.239. The summed E-state index contributed by atoms with van der Waals surface area (Å²) in [5.41, 5.74) is 1.41. The molecule has 1 aliphatic heterocycles. The molecule has 1 fully saturated rings. The van der Waals surface area contributed by atoms with Crippen molar-refractivity contribution in [1.29, 1.82) is 0 Å². The molecule has 1 saturated heterocycles. The lowest BCUT2D eigenvalue weighted by Gasteiger charge is -2.17. The fourth-order valence-corrected chi connectivity index (χ4v) is 5.68. The largest absolute Gasteiger partial charge is 0.508 e. The van der Waals surface area contributed by atoms with Crippen LogP contribution in [0.5, 0.6) is 17.2 Å². The van der Waals surface area contributed by atoms with E-state index in [2.05, 4.69) is 17.1 Å². The monoisotopic (exact) mass is 504 g/mol. The van der Waals surface area contributed by atoms with E-state index in [0.717, 1.165) is 41.8 Å². The van der Waals surface area contributed by atoms with Gasteiger partial charge in [-0.1, -0.05) is 13.3 Å². The fourth-order valence-electron chi connectivity index (χ4n) is 4.55. The van der Waals surface area contributed by atoms with Crippen LogP contribution in [0.15, 0.2) is 66.7 Å². The topological polar surface area (TPSA) is 61.8 Å². The molecule has 5 nitrogen and oxygen atoms in total. The molecule has 3 aromatic carbocycles. The fraction of sp³-hybridized carbons (Fsp3) is 0.276. The van der Waals surface area contributed by atoms with E-state index in [4.69, 9.17) is 4.74 Å². The van der Waals surface area contributed by atoms with Gasteiger partial charge in [-0.2, -0.15) is 0 Å². The van der Waals surface area contributed by atoms with Gasteiger partial charge in [-0.3, -0.25) is 4.79 Å². The number of aromatic hydroxyl groups is 1. The Kier molecular flexibility index (Phi) is 7.20. The zero-order chi connectivity index (χ0) is 25.1. The molecule has 0 amide bonds. The molecular weight excluding hydrogens is 475 g/mol. The lowest BCUT2D eigenvalue weighted by Crippen LogP contribution is -2.26. The van der Waals surface area contributed by atoms with Gasteiger partial charge in [0.2, 0.25) is 5.78 Å². The van der Waals surface area contributed by atoms with Gasteiger partial charge in [0, 0.05) is 40.5 Å². The second kappa shape index (κ2) is 10.7. The zero-order valence-electron chi connectivity index (χ0n) is 20.2. The number of hydrogen-bond acceptors (Lipinski definition) is 6. The summed E-state index contributed by atoms with van der Waals surface area (Å²) >= 11 is 1.25. The number of unbranched alkanes of at least 4 members (excludes halogenated alkanes) is 1. The third-order valence-corrected chi connectivity index (χ3v) is 7.62. The number of carbonyl (C=O) groups is 1. The summed E-state index contributed by atoms with van der Waals surface area (Å²) < 4.78 is 20.4. The summed E-state index contributed by atoms with van der Waals surface area (Å²) in [7, 11) is 0. The number of rotatable bonds is 9. The van der Waals surface area contributed by atoms with Crippen molar-refractivity contribution in [3.05, 3.63) is 83.0 Å². The minimum atomic E-state index is -0.399. The molecule has 0 bridgehead atoms. The van der Waals surface area contributed by atoms with Crippen LogP contribution in [-0.2, 0) is 0 Å². The van der Waals surface area contributed by atoms with Gasteiger partial charge in [-0.15, -0.1) is 11.3 Å². The number of carbonyl (C=O) groups excluding carboxylic acids is 1. The van der Waals surface area contributed by atoms with Gasteiger partial charge < -0.3 is 20.1 Å². The van der Waals surface area contributed by atoms with Crippen LogP contribution in [-0.4, -0.2) is 41.5 Å². The number of benzene rings is 3. The first kappa shape index (κ1) is 24.3. The second-order valence-electron chi connectivity index (χ2n) is 9.19. The number of nitrogens with zero attached hydrogens (tertiary/aromatic N) is 1. The zero-order valence-corrected chi connectivity index (χ0v) is 21.0. The molecule has 0 spiro atoms. The summed E-state index contributed by atoms with van der Waals surface area (Å²) in [5, 5.41) is 14.3. The van der Waals surface area contributed by atoms with Crippen molar-refractivity contribution in [2.24, 2.45) is 0 Å². The van der Waals surface area contributed by atoms with Gasteiger partial charge in [0.05, 0.1) is 0 Å². The predicted octanol–water partition coefficient (Wildman–Crippen LogP) is 7.06. The highest BCUT2D eigenvalue weighted by Crippen LogP contribution is 2.42. The van der Waals surface area contributed by atoms with Gasteiger partial charge in [0.25, 0.3) is 0 Å². The van der Waals surface area contributed by atoms with E-state index in [1.807, 2.05) is 24.3 Å². The third-order valence-electron chi connectivity index (χ3n) is 6.49. The Morgan fingerprint density at radius 1 is 1.14 bits per heavy atom. The molecule has 5 rings (SSSR count). The Morgan fingerprint density at radius 3 is 2.67 bits per heavy atom. The van der Waals surface area contributed by atoms with Crippen LogP contribution >= 0.6 is 11.3 Å². The first-order chi connectivity index (χ1) is 17.5. The van der Waals surface area contributed by atoms with Crippen LogP contribution in [0.3, 0.4) is 0 Å². The van der Waals surface area contributed by atoms with Gasteiger partial charge in [-0.05, 0) is 86.1 Å². The standard InChI is InChI=1S/C29H29FN2O3S/c1-2-3-15-32-16-14-22(18-32)31-21-8-11-24(12-9-21)35-28-25-13-10-23(33)17-26(25)36-29(28)27(34)19-4-6-20(30)7-5-19/h4-13,17,22,31,33H,2-3,14-16,18H2,1H3/t22-/m1/s1. The lowest BCUT2D eigenvalue weighted by molar-refractivity contribution is 0.104. The van der Waals surface area contributed by atoms with Crippen molar-refractivity contribution < 1.29 is 19.0 Å². The minimum absolute atomic E-state index is 0.117. The molecule has 2 heterocycles. The number of hydrogen-bond donors (Lipinski definition) is 2. The molecule has 0 aliphatic carbocycles. The van der Waals surface area contributed by atoms with E-state index in [9.17, 15) is 14.3 Å². The highest BCUT2D eigenvalue weighted by atomic mass is 32.1. The van der Waals surface area contributed by atoms with Crippen molar-refractivity contribution in [3.63, 3.8) is 0 Å². The maximum atomic E-state index is 13.4. The van der Waals surface area contributed by atoms with E-state index in [0.29, 0.717) is 28.0 Å². The number of fused-ring (bicyclic) bond motifs is 1. The van der Waals surface area contributed by atoms with E-state index in [-0.39, 0.29) is 11.5 Å². The van der Waals surface area contributed by atoms with E-state index >= 15 is 0 Å². The van der Waals surface area contributed by atoms with Crippen molar-refractivity contribution in [3.8, 4) is 17.2 Å². The lowest BCUT2D eigenvalue weighted by atomic mass is 10.1. The molecule has 2 N–H and O–H groups in total. The number of phenols is 1. The minimum Gasteiger partial charge on any atom is -0.508 e. The van der Waals surface area contributed by atoms with Crippen LogP contribution in [0.25, 0.3) is 10.1 Å². The number of thiophene rings is 1. The number of likely N-dealkylation sites (tertiary alicyclic amines) is 1. The summed E-state index contributed by atoms with van der Waals surface area (Å²) in [5.74, 6) is 0.513. The Labute approximate surface area is 214 Å².